The van der Waals surface area contributed by atoms with Gasteiger partial charge in [0.2, 0.25) is 0 Å². The summed E-state index contributed by atoms with van der Waals surface area (Å²) in [6, 6.07) is 11.3. The molecule has 2 aromatic carbocycles. The molecule has 1 unspecified atom stereocenters. The van der Waals surface area contributed by atoms with Crippen LogP contribution >= 0.6 is 11.6 Å². The number of benzene rings is 2. The Bertz CT molecular complexity index is 747. The number of fused-ring (bicyclic) bond motifs is 1. The lowest BCUT2D eigenvalue weighted by atomic mass is 9.84. The van der Waals surface area contributed by atoms with E-state index in [2.05, 4.69) is 18.0 Å². The maximum atomic E-state index is 11.2. The van der Waals surface area contributed by atoms with E-state index in [9.17, 15) is 8.76 Å². The van der Waals surface area contributed by atoms with Crippen LogP contribution < -0.4 is 0 Å². The highest BCUT2D eigenvalue weighted by Crippen LogP contribution is 2.37. The van der Waals surface area contributed by atoms with Crippen molar-refractivity contribution < 1.29 is 8.76 Å². The molecule has 5 heteroatoms. The van der Waals surface area contributed by atoms with E-state index in [1.807, 2.05) is 19.1 Å². The Kier molecular flexibility index (Phi) is 4.37. The fourth-order valence-electron chi connectivity index (χ4n) is 3.14. The van der Waals surface area contributed by atoms with Gasteiger partial charge in [0.1, 0.15) is 0 Å². The minimum Gasteiger partial charge on any atom is -0.768 e. The van der Waals surface area contributed by atoms with E-state index in [1.54, 1.807) is 18.2 Å². The van der Waals surface area contributed by atoms with Crippen LogP contribution in [0.15, 0.2) is 41.3 Å². The van der Waals surface area contributed by atoms with Crippen molar-refractivity contribution in [1.82, 2.24) is 4.90 Å². The Morgan fingerprint density at radius 2 is 2.09 bits per heavy atom. The summed E-state index contributed by atoms with van der Waals surface area (Å²) >= 11 is 4.21. The van der Waals surface area contributed by atoms with Crippen molar-refractivity contribution in [2.45, 2.75) is 24.3 Å². The zero-order valence-electron chi connectivity index (χ0n) is 12.5. The Balaban J connectivity index is 2.13. The molecule has 2 aromatic rings. The van der Waals surface area contributed by atoms with Crippen LogP contribution in [0.2, 0.25) is 5.02 Å². The first-order valence-electron chi connectivity index (χ1n) is 7.12. The lowest BCUT2D eigenvalue weighted by Crippen LogP contribution is -2.31. The van der Waals surface area contributed by atoms with Gasteiger partial charge in [-0.15, -0.1) is 0 Å². The molecule has 0 aliphatic carbocycles. The van der Waals surface area contributed by atoms with E-state index in [0.717, 1.165) is 34.8 Å². The third-order valence-corrected chi connectivity index (χ3v) is 5.10. The molecule has 1 aliphatic rings. The number of likely N-dealkylation sites (N-methyl/N-ethyl adjacent to an activating group) is 1. The van der Waals surface area contributed by atoms with Gasteiger partial charge in [-0.25, -0.2) is 0 Å². The predicted octanol–water partition coefficient (Wildman–Crippen LogP) is 3.46. The average molecular weight is 335 g/mol. The molecule has 0 aromatic heterocycles. The van der Waals surface area contributed by atoms with Crippen molar-refractivity contribution in [3.63, 3.8) is 0 Å². The zero-order chi connectivity index (χ0) is 15.9. The van der Waals surface area contributed by atoms with Gasteiger partial charge in [-0.1, -0.05) is 29.8 Å². The van der Waals surface area contributed by atoms with Gasteiger partial charge < -0.3 is 9.45 Å². The summed E-state index contributed by atoms with van der Waals surface area (Å²) in [5.74, 6) is 0.134. The molecule has 0 spiro atoms. The molecule has 0 bridgehead atoms. The molecule has 2 atom stereocenters. The van der Waals surface area contributed by atoms with E-state index in [-0.39, 0.29) is 5.92 Å². The molecular formula is C17H17ClNO2S-. The second-order valence-electron chi connectivity index (χ2n) is 5.87. The quantitative estimate of drug-likeness (QED) is 0.790. The molecule has 0 amide bonds. The van der Waals surface area contributed by atoms with Crippen molar-refractivity contribution in [3.05, 3.63) is 63.7 Å². The van der Waals surface area contributed by atoms with Crippen LogP contribution in [0.1, 0.15) is 28.2 Å². The Morgan fingerprint density at radius 3 is 2.82 bits per heavy atom. The number of nitrogens with zero attached hydrogens (tertiary/aromatic N) is 1. The fourth-order valence-corrected chi connectivity index (χ4v) is 3.90. The second-order valence-corrected chi connectivity index (χ2v) is 7.22. The van der Waals surface area contributed by atoms with Crippen LogP contribution in [0.3, 0.4) is 0 Å². The van der Waals surface area contributed by atoms with Crippen LogP contribution in [-0.4, -0.2) is 27.3 Å². The Labute approximate surface area is 138 Å². The molecule has 0 fully saturated rings. The normalized spacial score (nSPS) is 19.7. The zero-order valence-corrected chi connectivity index (χ0v) is 14.1. The molecule has 0 saturated heterocycles. The number of hydrogen-bond donors (Lipinski definition) is 0. The minimum absolute atomic E-state index is 0.134. The molecule has 0 N–H and O–H groups in total. The van der Waals surface area contributed by atoms with E-state index in [0.29, 0.717) is 4.90 Å². The SMILES string of the molecule is Cc1cc(Cl)c2c(c1)[C@H](c1cccc(S(=O)[O-])c1)CN(C)C2. The fraction of sp³-hybridized carbons (Fsp3) is 0.294. The standard InChI is InChI=1S/C17H18ClNO2S/c1-11-6-14-15(9-19(2)10-16(14)17(18)7-11)12-4-3-5-13(8-12)22(20)21/h3-8,15H,9-10H2,1-2H3,(H,20,21)/p-1/t15-/m0/s1. The average Bonchev–Trinajstić information content (AvgIpc) is 2.47. The predicted molar refractivity (Wildman–Crippen MR) is 88.0 cm³/mol. The van der Waals surface area contributed by atoms with Gasteiger partial charge in [-0.2, -0.15) is 0 Å². The first-order chi connectivity index (χ1) is 10.5. The molecule has 22 heavy (non-hydrogen) atoms. The molecule has 0 radical (unpaired) electrons. The number of halogens is 1. The van der Waals surface area contributed by atoms with Gasteiger partial charge in [0.15, 0.2) is 0 Å². The highest BCUT2D eigenvalue weighted by Gasteiger charge is 2.26. The first-order valence-corrected chi connectivity index (χ1v) is 8.57. The van der Waals surface area contributed by atoms with Crippen LogP contribution in [-0.2, 0) is 17.6 Å². The summed E-state index contributed by atoms with van der Waals surface area (Å²) in [5, 5.41) is 0.787. The summed E-state index contributed by atoms with van der Waals surface area (Å²) in [7, 11) is 2.06. The molecule has 0 saturated carbocycles. The molecule has 116 valence electrons. The van der Waals surface area contributed by atoms with Gasteiger partial charge in [0.05, 0.1) is 0 Å². The first kappa shape index (κ1) is 15.7. The number of aryl methyl sites for hydroxylation is 1. The summed E-state index contributed by atoms with van der Waals surface area (Å²) in [6.07, 6.45) is 0. The highest BCUT2D eigenvalue weighted by molar-refractivity contribution is 7.79. The van der Waals surface area contributed by atoms with Crippen LogP contribution in [0, 0.1) is 6.92 Å². The molecule has 3 rings (SSSR count). The van der Waals surface area contributed by atoms with Gasteiger partial charge in [0, 0.05) is 28.9 Å². The smallest absolute Gasteiger partial charge is 0.0456 e. The van der Waals surface area contributed by atoms with Gasteiger partial charge in [0.25, 0.3) is 0 Å². The third kappa shape index (κ3) is 2.97. The van der Waals surface area contributed by atoms with Crippen molar-refractivity contribution in [2.24, 2.45) is 0 Å². The second kappa shape index (κ2) is 6.13. The summed E-state index contributed by atoms with van der Waals surface area (Å²) < 4.78 is 22.4. The lowest BCUT2D eigenvalue weighted by molar-refractivity contribution is 0.295. The number of hydrogen-bond acceptors (Lipinski definition) is 3. The van der Waals surface area contributed by atoms with Crippen LogP contribution in [0.4, 0.5) is 0 Å². The van der Waals surface area contributed by atoms with Gasteiger partial charge in [-0.3, -0.25) is 4.21 Å². The molecule has 3 nitrogen and oxygen atoms in total. The van der Waals surface area contributed by atoms with Crippen molar-refractivity contribution in [2.75, 3.05) is 13.6 Å². The topological polar surface area (TPSA) is 43.4 Å². The summed E-state index contributed by atoms with van der Waals surface area (Å²) in [6.45, 7) is 3.70. The van der Waals surface area contributed by atoms with E-state index in [4.69, 9.17) is 11.6 Å². The number of rotatable bonds is 2. The van der Waals surface area contributed by atoms with E-state index >= 15 is 0 Å². The maximum Gasteiger partial charge on any atom is 0.0456 e. The Morgan fingerprint density at radius 1 is 1.32 bits per heavy atom. The van der Waals surface area contributed by atoms with E-state index < -0.39 is 11.1 Å². The molecule has 1 aliphatic heterocycles. The van der Waals surface area contributed by atoms with Crippen molar-refractivity contribution >= 4 is 22.7 Å². The van der Waals surface area contributed by atoms with Crippen LogP contribution in [0.5, 0.6) is 0 Å². The Hall–Kier alpha value is -1.20. The summed E-state index contributed by atoms with van der Waals surface area (Å²) in [4.78, 5) is 2.54. The lowest BCUT2D eigenvalue weighted by Gasteiger charge is -2.33. The highest BCUT2D eigenvalue weighted by atomic mass is 35.5. The van der Waals surface area contributed by atoms with Crippen LogP contribution in [0.25, 0.3) is 0 Å². The van der Waals surface area contributed by atoms with Gasteiger partial charge >= 0.3 is 0 Å². The molecular weight excluding hydrogens is 318 g/mol. The largest absolute Gasteiger partial charge is 0.768 e. The summed E-state index contributed by atoms with van der Waals surface area (Å²) in [5.41, 5.74) is 4.48. The minimum atomic E-state index is -2.21. The van der Waals surface area contributed by atoms with Gasteiger partial charge in [-0.05, 0) is 65.5 Å². The molecule has 1 heterocycles. The third-order valence-electron chi connectivity index (χ3n) is 4.12. The monoisotopic (exact) mass is 334 g/mol. The maximum absolute atomic E-state index is 11.2. The van der Waals surface area contributed by atoms with Crippen molar-refractivity contribution in [3.8, 4) is 0 Å². The van der Waals surface area contributed by atoms with Crippen molar-refractivity contribution in [1.29, 1.82) is 0 Å². The van der Waals surface area contributed by atoms with E-state index in [1.165, 1.54) is 5.56 Å².